The average molecular weight is 439 g/mol. The minimum atomic E-state index is -3.05. The largest absolute Gasteiger partial charge is 0.335 e. The predicted octanol–water partition coefficient (Wildman–Crippen LogP) is 3.70. The van der Waals surface area contributed by atoms with Crippen molar-refractivity contribution >= 4 is 11.6 Å². The van der Waals surface area contributed by atoms with E-state index in [1.54, 1.807) is 12.1 Å². The van der Waals surface area contributed by atoms with E-state index in [1.165, 1.54) is 17.0 Å². The second-order valence-corrected chi connectivity index (χ2v) is 7.20. The fourth-order valence-electron chi connectivity index (χ4n) is 3.51. The van der Waals surface area contributed by atoms with E-state index >= 15 is 0 Å². The second kappa shape index (κ2) is 8.58. The monoisotopic (exact) mass is 439 g/mol. The molecule has 11 heteroatoms. The van der Waals surface area contributed by atoms with Crippen LogP contribution >= 0.6 is 0 Å². The van der Waals surface area contributed by atoms with Gasteiger partial charge in [0.2, 0.25) is 0 Å². The molecule has 0 unspecified atom stereocenters. The standard InChI is InChI=1S/C20H18F5N5O/c21-13-3-1-12(2-4-13)11-28-5-7-29(8-6-28)20(31)15-10-17-26-14(18(22)23)9-16(19(24)25)30(17)27-15/h1-4,9-10,18-19H,5-8,11H2. The maximum Gasteiger partial charge on any atom is 0.280 e. The lowest BCUT2D eigenvalue weighted by Gasteiger charge is -2.34. The summed E-state index contributed by atoms with van der Waals surface area (Å²) in [6, 6.07) is 7.91. The number of fused-ring (bicyclic) bond motifs is 1. The molecule has 31 heavy (non-hydrogen) atoms. The fourth-order valence-corrected chi connectivity index (χ4v) is 3.51. The Labute approximate surface area is 173 Å². The second-order valence-electron chi connectivity index (χ2n) is 7.20. The van der Waals surface area contributed by atoms with Crippen molar-refractivity contribution in [3.8, 4) is 0 Å². The molecule has 0 N–H and O–H groups in total. The number of hydrogen-bond donors (Lipinski definition) is 0. The van der Waals surface area contributed by atoms with Crippen molar-refractivity contribution in [2.45, 2.75) is 19.4 Å². The van der Waals surface area contributed by atoms with Crippen LogP contribution in [0.15, 0.2) is 36.4 Å². The summed E-state index contributed by atoms with van der Waals surface area (Å²) in [7, 11) is 0. The Morgan fingerprint density at radius 1 is 0.968 bits per heavy atom. The third kappa shape index (κ3) is 4.50. The molecule has 1 fully saturated rings. The molecule has 1 aliphatic heterocycles. The maximum atomic E-state index is 13.3. The van der Waals surface area contributed by atoms with Gasteiger partial charge in [0.15, 0.2) is 11.3 Å². The molecule has 0 bridgehead atoms. The van der Waals surface area contributed by atoms with Crippen molar-refractivity contribution in [2.24, 2.45) is 0 Å². The molecule has 1 aliphatic rings. The molecule has 3 aromatic rings. The Kier molecular flexibility index (Phi) is 5.86. The van der Waals surface area contributed by atoms with Gasteiger partial charge in [0.1, 0.15) is 17.2 Å². The van der Waals surface area contributed by atoms with Crippen molar-refractivity contribution in [3.05, 3.63) is 64.9 Å². The van der Waals surface area contributed by atoms with Gasteiger partial charge in [-0.2, -0.15) is 5.10 Å². The summed E-state index contributed by atoms with van der Waals surface area (Å²) >= 11 is 0. The molecule has 3 heterocycles. The Balaban J connectivity index is 1.47. The van der Waals surface area contributed by atoms with Gasteiger partial charge < -0.3 is 4.90 Å². The van der Waals surface area contributed by atoms with E-state index in [0.717, 1.165) is 16.1 Å². The number of rotatable bonds is 5. The highest BCUT2D eigenvalue weighted by Crippen LogP contribution is 2.25. The molecule has 0 atom stereocenters. The van der Waals surface area contributed by atoms with Gasteiger partial charge in [0.05, 0.1) is 0 Å². The summed E-state index contributed by atoms with van der Waals surface area (Å²) in [6.07, 6.45) is -6.08. The van der Waals surface area contributed by atoms with E-state index in [9.17, 15) is 26.7 Å². The fraction of sp³-hybridized carbons (Fsp3) is 0.350. The van der Waals surface area contributed by atoms with Crippen LogP contribution in [0.2, 0.25) is 0 Å². The van der Waals surface area contributed by atoms with E-state index < -0.39 is 30.1 Å². The van der Waals surface area contributed by atoms with Crippen molar-refractivity contribution in [2.75, 3.05) is 26.2 Å². The van der Waals surface area contributed by atoms with E-state index in [2.05, 4.69) is 15.0 Å². The van der Waals surface area contributed by atoms with Crippen LogP contribution in [-0.4, -0.2) is 56.5 Å². The molecule has 0 aliphatic carbocycles. The number of halogens is 5. The predicted molar refractivity (Wildman–Crippen MR) is 100 cm³/mol. The Bertz CT molecular complexity index is 1080. The lowest BCUT2D eigenvalue weighted by atomic mass is 10.2. The summed E-state index contributed by atoms with van der Waals surface area (Å²) in [4.78, 5) is 20.1. The van der Waals surface area contributed by atoms with Gasteiger partial charge in [-0.05, 0) is 23.8 Å². The number of carbonyl (C=O) groups excluding carboxylic acids is 1. The van der Waals surface area contributed by atoms with Gasteiger partial charge in [0.25, 0.3) is 18.8 Å². The van der Waals surface area contributed by atoms with Crippen molar-refractivity contribution < 1.29 is 26.7 Å². The van der Waals surface area contributed by atoms with Crippen LogP contribution in [0.3, 0.4) is 0 Å². The van der Waals surface area contributed by atoms with Crippen LogP contribution in [-0.2, 0) is 6.54 Å². The molecular formula is C20H18F5N5O. The van der Waals surface area contributed by atoms with Gasteiger partial charge in [-0.25, -0.2) is 31.5 Å². The first-order chi connectivity index (χ1) is 14.8. The number of hydrogen-bond acceptors (Lipinski definition) is 4. The summed E-state index contributed by atoms with van der Waals surface area (Å²) < 4.78 is 66.3. The number of carbonyl (C=O) groups is 1. The maximum absolute atomic E-state index is 13.3. The smallest absolute Gasteiger partial charge is 0.280 e. The van der Waals surface area contributed by atoms with E-state index in [0.29, 0.717) is 38.8 Å². The molecule has 164 valence electrons. The first kappa shape index (κ1) is 21.2. The van der Waals surface area contributed by atoms with Gasteiger partial charge in [0, 0.05) is 38.8 Å². The van der Waals surface area contributed by atoms with Crippen LogP contribution in [0, 0.1) is 5.82 Å². The molecule has 1 saturated heterocycles. The van der Waals surface area contributed by atoms with Gasteiger partial charge in [-0.15, -0.1) is 0 Å². The van der Waals surface area contributed by atoms with Crippen LogP contribution in [0.1, 0.15) is 40.3 Å². The number of aromatic nitrogens is 3. The zero-order chi connectivity index (χ0) is 22.1. The first-order valence-corrected chi connectivity index (χ1v) is 9.55. The first-order valence-electron chi connectivity index (χ1n) is 9.55. The third-order valence-corrected chi connectivity index (χ3v) is 5.12. The zero-order valence-electron chi connectivity index (χ0n) is 16.2. The number of amides is 1. The Morgan fingerprint density at radius 2 is 1.65 bits per heavy atom. The molecule has 6 nitrogen and oxygen atoms in total. The van der Waals surface area contributed by atoms with E-state index in [1.807, 2.05) is 0 Å². The highest BCUT2D eigenvalue weighted by Gasteiger charge is 2.26. The molecular weight excluding hydrogens is 421 g/mol. The highest BCUT2D eigenvalue weighted by atomic mass is 19.3. The molecule has 2 aromatic heterocycles. The SMILES string of the molecule is O=C(c1cc2nc(C(F)F)cc(C(F)F)n2n1)N1CCN(Cc2ccc(F)cc2)CC1. The summed E-state index contributed by atoms with van der Waals surface area (Å²) in [6.45, 7) is 2.49. The van der Waals surface area contributed by atoms with Gasteiger partial charge in [-0.1, -0.05) is 12.1 Å². The zero-order valence-corrected chi connectivity index (χ0v) is 16.2. The third-order valence-electron chi connectivity index (χ3n) is 5.12. The molecule has 0 spiro atoms. The molecule has 4 rings (SSSR count). The van der Waals surface area contributed by atoms with Crippen molar-refractivity contribution in [1.82, 2.24) is 24.4 Å². The lowest BCUT2D eigenvalue weighted by molar-refractivity contribution is 0.0621. The lowest BCUT2D eigenvalue weighted by Crippen LogP contribution is -2.48. The summed E-state index contributed by atoms with van der Waals surface area (Å²) in [5, 5.41) is 3.89. The van der Waals surface area contributed by atoms with Crippen LogP contribution in [0.25, 0.3) is 5.65 Å². The van der Waals surface area contributed by atoms with Gasteiger partial charge in [-0.3, -0.25) is 9.69 Å². The number of benzene rings is 1. The van der Waals surface area contributed by atoms with Crippen molar-refractivity contribution in [3.63, 3.8) is 0 Å². The molecule has 1 amide bonds. The number of piperazine rings is 1. The topological polar surface area (TPSA) is 53.7 Å². The minimum absolute atomic E-state index is 0.132. The Morgan fingerprint density at radius 3 is 2.26 bits per heavy atom. The molecule has 0 saturated carbocycles. The number of nitrogens with zero attached hydrogens (tertiary/aromatic N) is 5. The van der Waals surface area contributed by atoms with Crippen LogP contribution < -0.4 is 0 Å². The van der Waals surface area contributed by atoms with E-state index in [-0.39, 0.29) is 17.2 Å². The minimum Gasteiger partial charge on any atom is -0.335 e. The summed E-state index contributed by atoms with van der Waals surface area (Å²) in [5.74, 6) is -0.789. The molecule has 1 aromatic carbocycles. The quantitative estimate of drug-likeness (QED) is 0.569. The normalized spacial score (nSPS) is 15.4. The van der Waals surface area contributed by atoms with Crippen molar-refractivity contribution in [1.29, 1.82) is 0 Å². The van der Waals surface area contributed by atoms with Crippen LogP contribution in [0.5, 0.6) is 0 Å². The van der Waals surface area contributed by atoms with Crippen LogP contribution in [0.4, 0.5) is 22.0 Å². The average Bonchev–Trinajstić information content (AvgIpc) is 3.18. The van der Waals surface area contributed by atoms with Gasteiger partial charge >= 0.3 is 0 Å². The number of alkyl halides is 4. The molecule has 0 radical (unpaired) electrons. The highest BCUT2D eigenvalue weighted by molar-refractivity contribution is 5.93. The van der Waals surface area contributed by atoms with E-state index in [4.69, 9.17) is 0 Å². The Hall–Kier alpha value is -3.08. The summed E-state index contributed by atoms with van der Waals surface area (Å²) in [5.41, 5.74) is -0.958.